The van der Waals surface area contributed by atoms with Gasteiger partial charge in [-0.05, 0) is 45.2 Å². The average molecular weight is 219 g/mol. The van der Waals surface area contributed by atoms with Gasteiger partial charge >= 0.3 is 0 Å². The Morgan fingerprint density at radius 1 is 1.31 bits per heavy atom. The highest BCUT2D eigenvalue weighted by molar-refractivity contribution is 5.28. The summed E-state index contributed by atoms with van der Waals surface area (Å²) < 4.78 is 0. The summed E-state index contributed by atoms with van der Waals surface area (Å²) in [6.45, 7) is 11.3. The lowest BCUT2D eigenvalue weighted by Crippen LogP contribution is -2.31. The van der Waals surface area contributed by atoms with Gasteiger partial charge in [0.2, 0.25) is 0 Å². The third-order valence-corrected chi connectivity index (χ3v) is 3.33. The Morgan fingerprint density at radius 2 is 2.06 bits per heavy atom. The van der Waals surface area contributed by atoms with E-state index >= 15 is 0 Å². The molecule has 0 bridgehead atoms. The van der Waals surface area contributed by atoms with Crippen LogP contribution in [0, 0.1) is 5.92 Å². The van der Waals surface area contributed by atoms with E-state index in [1.54, 1.807) is 0 Å². The number of hydrogen-bond acceptors (Lipinski definition) is 1. The Kier molecular flexibility index (Phi) is 5.54. The lowest BCUT2D eigenvalue weighted by atomic mass is 10.1. The Balaban J connectivity index is 2.70. The Bertz CT molecular complexity index is 286. The fraction of sp³-hybridized carbons (Fsp3) is 0.600. The molecule has 1 fully saturated rings. The van der Waals surface area contributed by atoms with E-state index < -0.39 is 0 Å². The van der Waals surface area contributed by atoms with Crippen molar-refractivity contribution in [3.05, 3.63) is 36.0 Å². The molecule has 1 aliphatic rings. The molecule has 0 aromatic rings. The topological polar surface area (TPSA) is 3.24 Å². The molecule has 1 heteroatoms. The molecule has 90 valence electrons. The predicted molar refractivity (Wildman–Crippen MR) is 72.5 cm³/mol. The number of allylic oxidation sites excluding steroid dienone is 4. The first-order valence-electron chi connectivity index (χ1n) is 6.38. The molecule has 0 saturated carbocycles. The van der Waals surface area contributed by atoms with E-state index in [2.05, 4.69) is 63.0 Å². The first-order valence-corrected chi connectivity index (χ1v) is 6.38. The minimum Gasteiger partial charge on any atom is -0.296 e. The molecular weight excluding hydrogens is 194 g/mol. The second kappa shape index (κ2) is 6.70. The molecule has 0 spiro atoms. The third kappa shape index (κ3) is 3.64. The van der Waals surface area contributed by atoms with Crippen LogP contribution < -0.4 is 0 Å². The first kappa shape index (κ1) is 13.2. The van der Waals surface area contributed by atoms with E-state index in [-0.39, 0.29) is 0 Å². The molecule has 0 aromatic heterocycles. The van der Waals surface area contributed by atoms with Crippen LogP contribution in [-0.4, -0.2) is 24.0 Å². The fourth-order valence-electron chi connectivity index (χ4n) is 2.27. The van der Waals surface area contributed by atoms with Crippen LogP contribution in [0.2, 0.25) is 0 Å². The molecular formula is C15H25N. The maximum absolute atomic E-state index is 2.58. The largest absolute Gasteiger partial charge is 0.296 e. The van der Waals surface area contributed by atoms with Crippen molar-refractivity contribution in [2.24, 2.45) is 5.92 Å². The van der Waals surface area contributed by atoms with Crippen molar-refractivity contribution in [1.29, 1.82) is 0 Å². The van der Waals surface area contributed by atoms with Crippen LogP contribution in [0.25, 0.3) is 0 Å². The Labute approximate surface area is 101 Å². The number of likely N-dealkylation sites (tertiary alicyclic amines) is 1. The standard InChI is InChI=1S/C15H25N/c1-5-7-9-15(8-6-2)14(4)16-11-10-13(3)12-16/h5-9,13-14H,10-12H2,1-4H3/b7-5-,8-6+,15-9+. The van der Waals surface area contributed by atoms with E-state index in [1.165, 1.54) is 25.1 Å². The van der Waals surface area contributed by atoms with Gasteiger partial charge in [-0.1, -0.05) is 37.3 Å². The molecule has 0 aliphatic carbocycles. The van der Waals surface area contributed by atoms with Crippen molar-refractivity contribution in [2.75, 3.05) is 13.1 Å². The van der Waals surface area contributed by atoms with Crippen LogP contribution >= 0.6 is 0 Å². The molecule has 0 N–H and O–H groups in total. The van der Waals surface area contributed by atoms with E-state index in [4.69, 9.17) is 0 Å². The van der Waals surface area contributed by atoms with E-state index in [0.29, 0.717) is 6.04 Å². The van der Waals surface area contributed by atoms with Gasteiger partial charge < -0.3 is 0 Å². The van der Waals surface area contributed by atoms with Crippen molar-refractivity contribution >= 4 is 0 Å². The molecule has 0 radical (unpaired) electrons. The fourth-order valence-corrected chi connectivity index (χ4v) is 2.27. The number of nitrogens with zero attached hydrogens (tertiary/aromatic N) is 1. The minimum absolute atomic E-state index is 0.539. The van der Waals surface area contributed by atoms with Crippen molar-refractivity contribution < 1.29 is 0 Å². The van der Waals surface area contributed by atoms with Crippen LogP contribution in [0.15, 0.2) is 36.0 Å². The Morgan fingerprint density at radius 3 is 2.56 bits per heavy atom. The summed E-state index contributed by atoms with van der Waals surface area (Å²) >= 11 is 0. The van der Waals surface area contributed by atoms with Crippen LogP contribution in [-0.2, 0) is 0 Å². The van der Waals surface area contributed by atoms with E-state index in [1.807, 2.05) is 0 Å². The summed E-state index contributed by atoms with van der Waals surface area (Å²) in [6, 6.07) is 0.539. The molecule has 1 saturated heterocycles. The van der Waals surface area contributed by atoms with Crippen molar-refractivity contribution in [1.82, 2.24) is 4.90 Å². The normalized spacial score (nSPS) is 26.0. The van der Waals surface area contributed by atoms with Crippen molar-refractivity contribution in [3.8, 4) is 0 Å². The molecule has 1 nitrogen and oxygen atoms in total. The molecule has 16 heavy (non-hydrogen) atoms. The summed E-state index contributed by atoms with van der Waals surface area (Å²) in [5.74, 6) is 0.857. The van der Waals surface area contributed by atoms with Gasteiger partial charge in [-0.2, -0.15) is 0 Å². The molecule has 1 aliphatic heterocycles. The van der Waals surface area contributed by atoms with Crippen molar-refractivity contribution in [3.63, 3.8) is 0 Å². The highest BCUT2D eigenvalue weighted by Crippen LogP contribution is 2.22. The summed E-state index contributed by atoms with van der Waals surface area (Å²) in [4.78, 5) is 2.58. The zero-order valence-corrected chi connectivity index (χ0v) is 11.1. The summed E-state index contributed by atoms with van der Waals surface area (Å²) in [7, 11) is 0. The van der Waals surface area contributed by atoms with Gasteiger partial charge in [-0.25, -0.2) is 0 Å². The van der Waals surface area contributed by atoms with Gasteiger partial charge in [0.25, 0.3) is 0 Å². The van der Waals surface area contributed by atoms with E-state index in [9.17, 15) is 0 Å². The average Bonchev–Trinajstić information content (AvgIpc) is 2.70. The summed E-state index contributed by atoms with van der Waals surface area (Å²) in [5.41, 5.74) is 1.41. The molecule has 1 heterocycles. The highest BCUT2D eigenvalue weighted by atomic mass is 15.2. The lowest BCUT2D eigenvalue weighted by Gasteiger charge is -2.25. The van der Waals surface area contributed by atoms with Gasteiger partial charge in [-0.15, -0.1) is 0 Å². The van der Waals surface area contributed by atoms with Crippen LogP contribution in [0.1, 0.15) is 34.1 Å². The van der Waals surface area contributed by atoms with Gasteiger partial charge in [0, 0.05) is 12.6 Å². The van der Waals surface area contributed by atoms with Crippen LogP contribution in [0.3, 0.4) is 0 Å². The second-order valence-corrected chi connectivity index (χ2v) is 4.76. The van der Waals surface area contributed by atoms with Gasteiger partial charge in [0.05, 0.1) is 0 Å². The summed E-state index contributed by atoms with van der Waals surface area (Å²) in [6.07, 6.45) is 12.2. The maximum atomic E-state index is 2.58. The van der Waals surface area contributed by atoms with Gasteiger partial charge in [0.1, 0.15) is 0 Å². The maximum Gasteiger partial charge on any atom is 0.0319 e. The quantitative estimate of drug-likeness (QED) is 0.650. The Hall–Kier alpha value is -0.820. The zero-order valence-electron chi connectivity index (χ0n) is 11.1. The van der Waals surface area contributed by atoms with Crippen LogP contribution in [0.5, 0.6) is 0 Å². The van der Waals surface area contributed by atoms with Crippen molar-refractivity contribution in [2.45, 2.75) is 40.2 Å². The number of rotatable bonds is 4. The second-order valence-electron chi connectivity index (χ2n) is 4.76. The third-order valence-electron chi connectivity index (χ3n) is 3.33. The van der Waals surface area contributed by atoms with Gasteiger partial charge in [-0.3, -0.25) is 4.90 Å². The first-order chi connectivity index (χ1) is 7.69. The smallest absolute Gasteiger partial charge is 0.0319 e. The molecule has 2 atom stereocenters. The minimum atomic E-state index is 0.539. The zero-order chi connectivity index (χ0) is 12.0. The molecule has 0 amide bonds. The molecule has 2 unspecified atom stereocenters. The number of hydrogen-bond donors (Lipinski definition) is 0. The molecule has 1 rings (SSSR count). The summed E-state index contributed by atoms with van der Waals surface area (Å²) in [5, 5.41) is 0. The van der Waals surface area contributed by atoms with E-state index in [0.717, 1.165) is 5.92 Å². The monoisotopic (exact) mass is 219 g/mol. The van der Waals surface area contributed by atoms with Gasteiger partial charge in [0.15, 0.2) is 0 Å². The highest BCUT2D eigenvalue weighted by Gasteiger charge is 2.23. The predicted octanol–water partition coefficient (Wildman–Crippen LogP) is 3.80. The van der Waals surface area contributed by atoms with Crippen LogP contribution in [0.4, 0.5) is 0 Å². The SMILES string of the molecule is C\C=C/C=C(\C=C\C)C(C)N1CCC(C)C1. The molecule has 0 aromatic carbocycles. The lowest BCUT2D eigenvalue weighted by molar-refractivity contribution is 0.283.